The molecule has 4 nitrogen and oxygen atoms in total. The van der Waals surface area contributed by atoms with E-state index >= 15 is 0 Å². The number of halogens is 1. The van der Waals surface area contributed by atoms with Crippen LogP contribution in [0.15, 0.2) is 22.7 Å². The van der Waals surface area contributed by atoms with Gasteiger partial charge in [0.1, 0.15) is 0 Å². The molecule has 18 heavy (non-hydrogen) atoms. The summed E-state index contributed by atoms with van der Waals surface area (Å²) in [6.45, 7) is 3.40. The summed E-state index contributed by atoms with van der Waals surface area (Å²) < 4.78 is 6.49. The number of nitrogens with zero attached hydrogens (tertiary/aromatic N) is 2. The summed E-state index contributed by atoms with van der Waals surface area (Å²) in [5.41, 5.74) is 1.61. The topological polar surface area (TPSA) is 56.5 Å². The molecule has 1 aromatic rings. The molecule has 96 valence electrons. The smallest absolute Gasteiger partial charge is 0.0992 e. The molecule has 2 unspecified atom stereocenters. The van der Waals surface area contributed by atoms with Crippen LogP contribution in [-0.2, 0) is 4.74 Å². The van der Waals surface area contributed by atoms with Gasteiger partial charge >= 0.3 is 0 Å². The summed E-state index contributed by atoms with van der Waals surface area (Å²) in [7, 11) is 0. The number of nitriles is 1. The SMILES string of the molecule is CC1CN(c2cc(Br)cc(C#N)c2)CC(CO)O1. The van der Waals surface area contributed by atoms with Gasteiger partial charge in [-0.05, 0) is 25.1 Å². The molecule has 0 saturated carbocycles. The predicted octanol–water partition coefficient (Wildman–Crippen LogP) is 1.91. The Morgan fingerprint density at radius 3 is 2.94 bits per heavy atom. The van der Waals surface area contributed by atoms with Crippen molar-refractivity contribution in [3.8, 4) is 6.07 Å². The molecule has 0 aromatic heterocycles. The average Bonchev–Trinajstić information content (AvgIpc) is 2.37. The van der Waals surface area contributed by atoms with Crippen molar-refractivity contribution in [1.29, 1.82) is 5.26 Å². The second kappa shape index (κ2) is 5.70. The minimum absolute atomic E-state index is 0.0138. The van der Waals surface area contributed by atoms with E-state index < -0.39 is 0 Å². The van der Waals surface area contributed by atoms with Crippen molar-refractivity contribution in [2.24, 2.45) is 0 Å². The lowest BCUT2D eigenvalue weighted by Crippen LogP contribution is -2.48. The minimum Gasteiger partial charge on any atom is -0.394 e. The second-order valence-electron chi connectivity index (χ2n) is 4.47. The van der Waals surface area contributed by atoms with Gasteiger partial charge in [0.15, 0.2) is 0 Å². The molecule has 1 aliphatic heterocycles. The Kier molecular flexibility index (Phi) is 4.23. The number of anilines is 1. The van der Waals surface area contributed by atoms with Crippen LogP contribution in [0.4, 0.5) is 5.69 Å². The highest BCUT2D eigenvalue weighted by Gasteiger charge is 2.25. The molecular formula is C13H15BrN2O2. The van der Waals surface area contributed by atoms with Gasteiger partial charge in [0.2, 0.25) is 0 Å². The second-order valence-corrected chi connectivity index (χ2v) is 5.38. The third kappa shape index (κ3) is 3.02. The van der Waals surface area contributed by atoms with Gasteiger partial charge in [-0.2, -0.15) is 5.26 Å². The fourth-order valence-corrected chi connectivity index (χ4v) is 2.66. The first-order valence-electron chi connectivity index (χ1n) is 5.84. The first-order valence-corrected chi connectivity index (χ1v) is 6.63. The molecule has 2 rings (SSSR count). The fraction of sp³-hybridized carbons (Fsp3) is 0.462. The van der Waals surface area contributed by atoms with Gasteiger partial charge < -0.3 is 14.7 Å². The highest BCUT2D eigenvalue weighted by atomic mass is 79.9. The zero-order valence-electron chi connectivity index (χ0n) is 10.1. The zero-order chi connectivity index (χ0) is 13.1. The Labute approximate surface area is 115 Å². The van der Waals surface area contributed by atoms with E-state index in [0.29, 0.717) is 12.1 Å². The molecule has 0 bridgehead atoms. The van der Waals surface area contributed by atoms with Crippen molar-refractivity contribution in [3.63, 3.8) is 0 Å². The molecule has 1 aromatic carbocycles. The molecule has 1 N–H and O–H groups in total. The zero-order valence-corrected chi connectivity index (χ0v) is 11.7. The summed E-state index contributed by atoms with van der Waals surface area (Å²) in [5.74, 6) is 0. The van der Waals surface area contributed by atoms with Crippen LogP contribution in [-0.4, -0.2) is 37.0 Å². The molecule has 1 aliphatic rings. The number of rotatable bonds is 2. The van der Waals surface area contributed by atoms with E-state index in [1.807, 2.05) is 19.1 Å². The van der Waals surface area contributed by atoms with Gasteiger partial charge in [0, 0.05) is 23.2 Å². The Morgan fingerprint density at radius 2 is 2.28 bits per heavy atom. The average molecular weight is 311 g/mol. The highest BCUT2D eigenvalue weighted by Crippen LogP contribution is 2.25. The number of hydrogen-bond donors (Lipinski definition) is 1. The van der Waals surface area contributed by atoms with E-state index in [0.717, 1.165) is 16.7 Å². The van der Waals surface area contributed by atoms with E-state index in [1.54, 1.807) is 6.07 Å². The largest absolute Gasteiger partial charge is 0.394 e. The van der Waals surface area contributed by atoms with Crippen molar-refractivity contribution in [1.82, 2.24) is 0 Å². The van der Waals surface area contributed by atoms with Gasteiger partial charge in [0.25, 0.3) is 0 Å². The number of ether oxygens (including phenoxy) is 1. The van der Waals surface area contributed by atoms with Crippen molar-refractivity contribution < 1.29 is 9.84 Å². The van der Waals surface area contributed by atoms with Crippen molar-refractivity contribution in [2.75, 3.05) is 24.6 Å². The van der Waals surface area contributed by atoms with Crippen LogP contribution in [0, 0.1) is 11.3 Å². The van der Waals surface area contributed by atoms with Gasteiger partial charge in [-0.15, -0.1) is 0 Å². The maximum Gasteiger partial charge on any atom is 0.0992 e. The van der Waals surface area contributed by atoms with Gasteiger partial charge in [-0.3, -0.25) is 0 Å². The highest BCUT2D eigenvalue weighted by molar-refractivity contribution is 9.10. The normalized spacial score (nSPS) is 23.8. The van der Waals surface area contributed by atoms with Crippen LogP contribution in [0.1, 0.15) is 12.5 Å². The first-order chi connectivity index (χ1) is 8.62. The molecule has 0 spiro atoms. The third-order valence-corrected chi connectivity index (χ3v) is 3.36. The van der Waals surface area contributed by atoms with E-state index in [4.69, 9.17) is 10.00 Å². The maximum atomic E-state index is 9.22. The summed E-state index contributed by atoms with van der Waals surface area (Å²) in [6, 6.07) is 7.77. The van der Waals surface area contributed by atoms with Gasteiger partial charge in [-0.25, -0.2) is 0 Å². The number of hydrogen-bond acceptors (Lipinski definition) is 4. The monoisotopic (exact) mass is 310 g/mol. The number of aliphatic hydroxyl groups excluding tert-OH is 1. The first kappa shape index (κ1) is 13.3. The summed E-state index contributed by atoms with van der Waals surface area (Å²) in [5, 5.41) is 18.2. The minimum atomic E-state index is -0.168. The van der Waals surface area contributed by atoms with Crippen molar-refractivity contribution in [2.45, 2.75) is 19.1 Å². The number of morpholine rings is 1. The van der Waals surface area contributed by atoms with Crippen LogP contribution in [0.2, 0.25) is 0 Å². The van der Waals surface area contributed by atoms with E-state index in [1.165, 1.54) is 0 Å². The van der Waals surface area contributed by atoms with Crippen LogP contribution in [0.5, 0.6) is 0 Å². The Morgan fingerprint density at radius 1 is 1.50 bits per heavy atom. The lowest BCUT2D eigenvalue weighted by Gasteiger charge is -2.37. The van der Waals surface area contributed by atoms with Crippen LogP contribution in [0.25, 0.3) is 0 Å². The molecule has 2 atom stereocenters. The maximum absolute atomic E-state index is 9.22. The molecule has 5 heteroatoms. The number of aliphatic hydroxyl groups is 1. The molecular weight excluding hydrogens is 296 g/mol. The fourth-order valence-electron chi connectivity index (χ4n) is 2.18. The number of benzene rings is 1. The van der Waals surface area contributed by atoms with E-state index in [2.05, 4.69) is 26.9 Å². The molecule has 0 radical (unpaired) electrons. The summed E-state index contributed by atoms with van der Waals surface area (Å²) >= 11 is 3.41. The Hall–Kier alpha value is -1.09. The lowest BCUT2D eigenvalue weighted by atomic mass is 10.1. The molecule has 0 aliphatic carbocycles. The molecule has 1 heterocycles. The van der Waals surface area contributed by atoms with Gasteiger partial charge in [-0.1, -0.05) is 15.9 Å². The standard InChI is InChI=1S/C13H15BrN2O2/c1-9-6-16(7-13(8-17)18-9)12-3-10(5-15)2-11(14)4-12/h2-4,9,13,17H,6-8H2,1H3. The predicted molar refractivity (Wildman–Crippen MR) is 72.5 cm³/mol. The van der Waals surface area contributed by atoms with Crippen molar-refractivity contribution in [3.05, 3.63) is 28.2 Å². The Bertz CT molecular complexity index is 473. The van der Waals surface area contributed by atoms with E-state index in [-0.39, 0.29) is 18.8 Å². The van der Waals surface area contributed by atoms with Crippen LogP contribution in [0.3, 0.4) is 0 Å². The van der Waals surface area contributed by atoms with Crippen LogP contribution >= 0.6 is 15.9 Å². The van der Waals surface area contributed by atoms with Crippen LogP contribution < -0.4 is 4.90 Å². The summed E-state index contributed by atoms with van der Waals surface area (Å²) in [6.07, 6.45) is -0.0984. The van der Waals surface area contributed by atoms with Crippen molar-refractivity contribution >= 4 is 21.6 Å². The van der Waals surface area contributed by atoms with Gasteiger partial charge in [0.05, 0.1) is 30.4 Å². The quantitative estimate of drug-likeness (QED) is 0.906. The summed E-state index contributed by atoms with van der Waals surface area (Å²) in [4.78, 5) is 2.14. The molecule has 1 saturated heterocycles. The third-order valence-electron chi connectivity index (χ3n) is 2.91. The molecule has 1 fully saturated rings. The van der Waals surface area contributed by atoms with E-state index in [9.17, 15) is 5.11 Å². The molecule has 0 amide bonds. The lowest BCUT2D eigenvalue weighted by molar-refractivity contribution is -0.0421. The Balaban J connectivity index is 2.25.